The SMILES string of the molecule is CC(C)(C)OC(=O)NC1CC(C(=O)O)CN(C(N)=O)C1. The smallest absolute Gasteiger partial charge is 0.407 e. The highest BCUT2D eigenvalue weighted by Crippen LogP contribution is 2.18. The van der Waals surface area contributed by atoms with Gasteiger partial charge in [0.05, 0.1) is 12.0 Å². The van der Waals surface area contributed by atoms with Gasteiger partial charge in [0.1, 0.15) is 5.60 Å². The lowest BCUT2D eigenvalue weighted by atomic mass is 9.94. The van der Waals surface area contributed by atoms with Gasteiger partial charge in [0.25, 0.3) is 0 Å². The molecule has 4 N–H and O–H groups in total. The van der Waals surface area contributed by atoms with Crippen molar-refractivity contribution < 1.29 is 24.2 Å². The van der Waals surface area contributed by atoms with E-state index in [4.69, 9.17) is 15.6 Å². The van der Waals surface area contributed by atoms with Crippen molar-refractivity contribution in [3.8, 4) is 0 Å². The highest BCUT2D eigenvalue weighted by atomic mass is 16.6. The highest BCUT2D eigenvalue weighted by Gasteiger charge is 2.34. The third kappa shape index (κ3) is 4.94. The molecule has 20 heavy (non-hydrogen) atoms. The number of carbonyl (C=O) groups is 3. The number of amides is 3. The number of nitrogens with two attached hydrogens (primary N) is 1. The molecule has 1 aliphatic rings. The maximum Gasteiger partial charge on any atom is 0.407 e. The Bertz CT molecular complexity index is 382. The summed E-state index contributed by atoms with van der Waals surface area (Å²) in [5.41, 5.74) is 4.53. The molecule has 8 nitrogen and oxygen atoms in total. The molecule has 114 valence electrons. The van der Waals surface area contributed by atoms with Crippen molar-refractivity contribution in [2.24, 2.45) is 11.7 Å². The fourth-order valence-electron chi connectivity index (χ4n) is 2.04. The summed E-state index contributed by atoms with van der Waals surface area (Å²) in [6.45, 7) is 5.41. The molecular formula is C12H21N3O5. The van der Waals surface area contributed by atoms with Gasteiger partial charge in [0.2, 0.25) is 0 Å². The molecule has 1 heterocycles. The van der Waals surface area contributed by atoms with Crippen LogP contribution in [0.15, 0.2) is 0 Å². The number of likely N-dealkylation sites (tertiary alicyclic amines) is 1. The summed E-state index contributed by atoms with van der Waals surface area (Å²) in [5, 5.41) is 11.6. The number of ether oxygens (including phenoxy) is 1. The number of carboxylic acids is 1. The van der Waals surface area contributed by atoms with Gasteiger partial charge < -0.3 is 25.8 Å². The monoisotopic (exact) mass is 287 g/mol. The molecule has 0 aromatic carbocycles. The summed E-state index contributed by atoms with van der Waals surface area (Å²) in [6.07, 6.45) is -0.406. The number of carbonyl (C=O) groups excluding carboxylic acids is 2. The second-order valence-electron chi connectivity index (χ2n) is 5.86. The minimum Gasteiger partial charge on any atom is -0.481 e. The highest BCUT2D eigenvalue weighted by molar-refractivity contribution is 5.76. The van der Waals surface area contributed by atoms with Crippen molar-refractivity contribution in [3.05, 3.63) is 0 Å². The second-order valence-corrected chi connectivity index (χ2v) is 5.86. The molecule has 0 aliphatic carbocycles. The van der Waals surface area contributed by atoms with Gasteiger partial charge in [0.15, 0.2) is 0 Å². The molecule has 8 heteroatoms. The van der Waals surface area contributed by atoms with Crippen LogP contribution in [0.4, 0.5) is 9.59 Å². The molecule has 0 aromatic rings. The average molecular weight is 287 g/mol. The third-order valence-corrected chi connectivity index (χ3v) is 2.83. The van der Waals surface area contributed by atoms with Gasteiger partial charge in [-0.3, -0.25) is 4.79 Å². The first-order chi connectivity index (χ1) is 9.08. The summed E-state index contributed by atoms with van der Waals surface area (Å²) >= 11 is 0. The lowest BCUT2D eigenvalue weighted by Crippen LogP contribution is -2.55. The van der Waals surface area contributed by atoms with Gasteiger partial charge in [0, 0.05) is 13.1 Å². The summed E-state index contributed by atoms with van der Waals surface area (Å²) in [6, 6.07) is -1.20. The van der Waals surface area contributed by atoms with Crippen molar-refractivity contribution in [2.75, 3.05) is 13.1 Å². The van der Waals surface area contributed by atoms with Crippen LogP contribution >= 0.6 is 0 Å². The Morgan fingerprint density at radius 3 is 2.35 bits per heavy atom. The quantitative estimate of drug-likeness (QED) is 0.677. The van der Waals surface area contributed by atoms with Crippen LogP contribution in [0.3, 0.4) is 0 Å². The zero-order valence-corrected chi connectivity index (χ0v) is 11.9. The standard InChI is InChI=1S/C12H21N3O5/c1-12(2,3)20-11(19)14-8-4-7(9(16)17)5-15(6-8)10(13)18/h7-8H,4-6H2,1-3H3,(H2,13,18)(H,14,19)(H,16,17). The number of urea groups is 1. The van der Waals surface area contributed by atoms with Gasteiger partial charge in [-0.25, -0.2) is 9.59 Å². The summed E-state index contributed by atoms with van der Waals surface area (Å²) in [4.78, 5) is 35.1. The van der Waals surface area contributed by atoms with E-state index >= 15 is 0 Å². The van der Waals surface area contributed by atoms with Crippen LogP contribution < -0.4 is 11.1 Å². The molecular weight excluding hydrogens is 266 g/mol. The Hall–Kier alpha value is -1.99. The number of hydrogen-bond acceptors (Lipinski definition) is 4. The van der Waals surface area contributed by atoms with Gasteiger partial charge in [-0.05, 0) is 27.2 Å². The predicted octanol–water partition coefficient (Wildman–Crippen LogP) is 0.365. The van der Waals surface area contributed by atoms with E-state index in [9.17, 15) is 14.4 Å². The number of primary amides is 1. The van der Waals surface area contributed by atoms with E-state index in [1.165, 1.54) is 4.90 Å². The Morgan fingerprint density at radius 2 is 1.90 bits per heavy atom. The first kappa shape index (κ1) is 16.1. The van der Waals surface area contributed by atoms with E-state index in [0.29, 0.717) is 0 Å². The predicted molar refractivity (Wildman–Crippen MR) is 70.1 cm³/mol. The Kier molecular flexibility index (Phi) is 4.80. The van der Waals surface area contributed by atoms with E-state index in [1.807, 2.05) is 0 Å². The molecule has 0 aromatic heterocycles. The van der Waals surface area contributed by atoms with Crippen LogP contribution in [-0.4, -0.2) is 52.8 Å². The van der Waals surface area contributed by atoms with Crippen LogP contribution in [0.5, 0.6) is 0 Å². The number of aliphatic carboxylic acids is 1. The number of rotatable bonds is 2. The minimum atomic E-state index is -1.02. The molecule has 2 atom stereocenters. The first-order valence-corrected chi connectivity index (χ1v) is 6.35. The van der Waals surface area contributed by atoms with Crippen LogP contribution in [0.2, 0.25) is 0 Å². The van der Waals surface area contributed by atoms with Crippen molar-refractivity contribution in [2.45, 2.75) is 38.8 Å². The topological polar surface area (TPSA) is 122 Å². The number of nitrogens with zero attached hydrogens (tertiary/aromatic N) is 1. The largest absolute Gasteiger partial charge is 0.481 e. The number of carboxylic acid groups (broad SMARTS) is 1. The van der Waals surface area contributed by atoms with Crippen LogP contribution in [-0.2, 0) is 9.53 Å². The number of piperidine rings is 1. The van der Waals surface area contributed by atoms with Gasteiger partial charge in [-0.1, -0.05) is 0 Å². The number of nitrogens with one attached hydrogen (secondary N) is 1. The molecule has 3 amide bonds. The van der Waals surface area contributed by atoms with E-state index < -0.39 is 35.7 Å². The Morgan fingerprint density at radius 1 is 1.30 bits per heavy atom. The number of hydrogen-bond donors (Lipinski definition) is 3. The van der Waals surface area contributed by atoms with Crippen LogP contribution in [0.25, 0.3) is 0 Å². The summed E-state index contributed by atoms with van der Waals surface area (Å²) < 4.78 is 5.10. The molecule has 0 saturated carbocycles. The molecule has 0 radical (unpaired) electrons. The molecule has 2 unspecified atom stereocenters. The van der Waals surface area contributed by atoms with Crippen molar-refractivity contribution in [1.29, 1.82) is 0 Å². The average Bonchev–Trinajstić information content (AvgIpc) is 2.25. The Labute approximate surface area is 117 Å². The van der Waals surface area contributed by atoms with E-state index in [2.05, 4.69) is 5.32 Å². The third-order valence-electron chi connectivity index (χ3n) is 2.83. The van der Waals surface area contributed by atoms with Gasteiger partial charge in [-0.15, -0.1) is 0 Å². The normalized spacial score (nSPS) is 23.1. The van der Waals surface area contributed by atoms with Crippen LogP contribution in [0.1, 0.15) is 27.2 Å². The molecule has 1 saturated heterocycles. The van der Waals surface area contributed by atoms with Crippen molar-refractivity contribution in [3.63, 3.8) is 0 Å². The van der Waals surface area contributed by atoms with Gasteiger partial charge >= 0.3 is 18.1 Å². The molecule has 1 aliphatic heterocycles. The van der Waals surface area contributed by atoms with Crippen LogP contribution in [0, 0.1) is 5.92 Å². The molecule has 0 spiro atoms. The Balaban J connectivity index is 2.66. The molecule has 1 fully saturated rings. The van der Waals surface area contributed by atoms with E-state index in [0.717, 1.165) is 0 Å². The summed E-state index contributed by atoms with van der Waals surface area (Å²) in [5.74, 6) is -1.77. The zero-order valence-electron chi connectivity index (χ0n) is 11.9. The zero-order chi connectivity index (χ0) is 15.5. The molecule has 1 rings (SSSR count). The minimum absolute atomic E-state index is 0.0527. The number of alkyl carbamates (subject to hydrolysis) is 1. The first-order valence-electron chi connectivity index (χ1n) is 6.35. The van der Waals surface area contributed by atoms with Gasteiger partial charge in [-0.2, -0.15) is 0 Å². The lowest BCUT2D eigenvalue weighted by molar-refractivity contribution is -0.143. The van der Waals surface area contributed by atoms with E-state index in [-0.39, 0.29) is 19.5 Å². The fourth-order valence-corrected chi connectivity index (χ4v) is 2.04. The van der Waals surface area contributed by atoms with E-state index in [1.54, 1.807) is 20.8 Å². The molecule has 0 bridgehead atoms. The lowest BCUT2D eigenvalue weighted by Gasteiger charge is -2.35. The second kappa shape index (κ2) is 5.98. The summed E-state index contributed by atoms with van der Waals surface area (Å²) in [7, 11) is 0. The maximum atomic E-state index is 11.7. The van der Waals surface area contributed by atoms with Crippen molar-refractivity contribution >= 4 is 18.1 Å². The fraction of sp³-hybridized carbons (Fsp3) is 0.750. The van der Waals surface area contributed by atoms with Crippen molar-refractivity contribution in [1.82, 2.24) is 10.2 Å². The maximum absolute atomic E-state index is 11.7.